The van der Waals surface area contributed by atoms with Gasteiger partial charge in [0, 0.05) is 38.2 Å². The predicted octanol–water partition coefficient (Wildman–Crippen LogP) is 3.18. The maximum atomic E-state index is 12.6. The van der Waals surface area contributed by atoms with Crippen molar-refractivity contribution in [3.63, 3.8) is 0 Å². The summed E-state index contributed by atoms with van der Waals surface area (Å²) in [5, 5.41) is 2.81. The number of fused-ring (bicyclic) bond motifs is 1. The summed E-state index contributed by atoms with van der Waals surface area (Å²) in [5.41, 5.74) is 3.88. The van der Waals surface area contributed by atoms with Crippen LogP contribution < -0.4 is 10.0 Å². The number of nitrogens with one attached hydrogen (secondary N) is 2. The largest absolute Gasteiger partial charge is 0.352 e. The lowest BCUT2D eigenvalue weighted by molar-refractivity contribution is -0.121. The highest BCUT2D eigenvalue weighted by Gasteiger charge is 2.19. The molecule has 4 rings (SSSR count). The molecule has 1 saturated heterocycles. The Hall–Kier alpha value is -2.71. The third-order valence-corrected chi connectivity index (χ3v) is 8.07. The van der Waals surface area contributed by atoms with E-state index in [0.717, 1.165) is 62.7 Å². The van der Waals surface area contributed by atoms with E-state index in [2.05, 4.69) is 10.0 Å². The molecular weight excluding hydrogens is 450 g/mol. The highest BCUT2D eigenvalue weighted by Crippen LogP contribution is 2.24. The standard InChI is InChI=1S/C26H33N3O4S/c30-25(14-15-28-34(32,33)24-13-12-21-6-2-3-7-23(21)18-24)27-19-20-8-10-22(11-9-20)26(31)29-16-4-1-5-17-29/h8-13,18,28H,1-7,14-17,19H2,(H,27,30). The number of piperidine rings is 1. The van der Waals surface area contributed by atoms with Gasteiger partial charge in [-0.1, -0.05) is 18.2 Å². The van der Waals surface area contributed by atoms with Crippen LogP contribution in [0.5, 0.6) is 0 Å². The molecule has 0 saturated carbocycles. The molecule has 0 atom stereocenters. The number of hydrogen-bond donors (Lipinski definition) is 2. The van der Waals surface area contributed by atoms with Gasteiger partial charge in [0.1, 0.15) is 0 Å². The maximum absolute atomic E-state index is 12.6. The van der Waals surface area contributed by atoms with Crippen molar-refractivity contribution < 1.29 is 18.0 Å². The van der Waals surface area contributed by atoms with Crippen LogP contribution >= 0.6 is 0 Å². The molecule has 8 heteroatoms. The zero-order chi connectivity index (χ0) is 24.0. The van der Waals surface area contributed by atoms with Crippen molar-refractivity contribution in [3.05, 3.63) is 64.7 Å². The number of carbonyl (C=O) groups excluding carboxylic acids is 2. The number of rotatable bonds is 8. The number of likely N-dealkylation sites (tertiary alicyclic amines) is 1. The fourth-order valence-electron chi connectivity index (χ4n) is 4.59. The Morgan fingerprint density at radius 1 is 0.853 bits per heavy atom. The summed E-state index contributed by atoms with van der Waals surface area (Å²) in [6, 6.07) is 12.6. The van der Waals surface area contributed by atoms with E-state index in [4.69, 9.17) is 0 Å². The summed E-state index contributed by atoms with van der Waals surface area (Å²) in [7, 11) is -3.64. The van der Waals surface area contributed by atoms with Gasteiger partial charge in [-0.15, -0.1) is 0 Å². The van der Waals surface area contributed by atoms with E-state index in [-0.39, 0.29) is 29.7 Å². The van der Waals surface area contributed by atoms with Gasteiger partial charge in [0.2, 0.25) is 15.9 Å². The van der Waals surface area contributed by atoms with E-state index in [1.807, 2.05) is 23.1 Å². The SMILES string of the molecule is O=C(CCNS(=O)(=O)c1ccc2c(c1)CCCC2)NCc1ccc(C(=O)N2CCCCC2)cc1. The van der Waals surface area contributed by atoms with Crippen LogP contribution in [0.3, 0.4) is 0 Å². The van der Waals surface area contributed by atoms with Gasteiger partial charge in [0.15, 0.2) is 0 Å². The van der Waals surface area contributed by atoms with Gasteiger partial charge >= 0.3 is 0 Å². The lowest BCUT2D eigenvalue weighted by Gasteiger charge is -2.26. The third kappa shape index (κ3) is 6.24. The molecule has 34 heavy (non-hydrogen) atoms. The molecule has 1 heterocycles. The second-order valence-electron chi connectivity index (χ2n) is 9.11. The summed E-state index contributed by atoms with van der Waals surface area (Å²) >= 11 is 0. The number of amides is 2. The van der Waals surface area contributed by atoms with Crippen LogP contribution in [0, 0.1) is 0 Å². The summed E-state index contributed by atoms with van der Waals surface area (Å²) in [5.74, 6) is -0.178. The van der Waals surface area contributed by atoms with Crippen molar-refractivity contribution in [3.8, 4) is 0 Å². The smallest absolute Gasteiger partial charge is 0.253 e. The molecule has 182 valence electrons. The molecule has 0 radical (unpaired) electrons. The fourth-order valence-corrected chi connectivity index (χ4v) is 5.68. The van der Waals surface area contributed by atoms with Crippen LogP contribution in [0.1, 0.15) is 65.6 Å². The Labute approximate surface area is 202 Å². The summed E-state index contributed by atoms with van der Waals surface area (Å²) in [6.07, 6.45) is 7.48. The fraction of sp³-hybridized carbons (Fsp3) is 0.462. The first kappa shape index (κ1) is 24.4. The molecule has 1 aliphatic carbocycles. The quantitative estimate of drug-likeness (QED) is 0.603. The first-order chi connectivity index (χ1) is 16.4. The summed E-state index contributed by atoms with van der Waals surface area (Å²) < 4.78 is 27.7. The number of carbonyl (C=O) groups is 2. The summed E-state index contributed by atoms with van der Waals surface area (Å²) in [4.78, 5) is 26.9. The second-order valence-corrected chi connectivity index (χ2v) is 10.9. The predicted molar refractivity (Wildman–Crippen MR) is 131 cm³/mol. The highest BCUT2D eigenvalue weighted by atomic mass is 32.2. The number of hydrogen-bond acceptors (Lipinski definition) is 4. The number of aryl methyl sites for hydroxylation is 2. The molecular formula is C26H33N3O4S. The number of benzene rings is 2. The third-order valence-electron chi connectivity index (χ3n) is 6.61. The Bertz CT molecular complexity index is 1120. The zero-order valence-electron chi connectivity index (χ0n) is 19.5. The van der Waals surface area contributed by atoms with E-state index in [9.17, 15) is 18.0 Å². The number of nitrogens with zero attached hydrogens (tertiary/aromatic N) is 1. The van der Waals surface area contributed by atoms with Crippen LogP contribution in [0.4, 0.5) is 0 Å². The highest BCUT2D eigenvalue weighted by molar-refractivity contribution is 7.89. The van der Waals surface area contributed by atoms with Gasteiger partial charge in [-0.05, 0) is 85.9 Å². The van der Waals surface area contributed by atoms with Gasteiger partial charge in [-0.25, -0.2) is 13.1 Å². The molecule has 2 aromatic rings. The molecule has 0 aromatic heterocycles. The Morgan fingerprint density at radius 3 is 2.29 bits per heavy atom. The van der Waals surface area contributed by atoms with Crippen LogP contribution in [0.2, 0.25) is 0 Å². The monoisotopic (exact) mass is 483 g/mol. The van der Waals surface area contributed by atoms with E-state index in [1.165, 1.54) is 12.0 Å². The molecule has 1 aliphatic heterocycles. The second kappa shape index (κ2) is 11.1. The maximum Gasteiger partial charge on any atom is 0.253 e. The normalized spacial score (nSPS) is 16.1. The lowest BCUT2D eigenvalue weighted by atomic mass is 9.92. The molecule has 0 spiro atoms. The topological polar surface area (TPSA) is 95.6 Å². The average Bonchev–Trinajstić information content (AvgIpc) is 2.87. The Morgan fingerprint density at radius 2 is 1.56 bits per heavy atom. The molecule has 2 aromatic carbocycles. The minimum atomic E-state index is -3.64. The van der Waals surface area contributed by atoms with Gasteiger partial charge in [-0.3, -0.25) is 9.59 Å². The van der Waals surface area contributed by atoms with Crippen molar-refractivity contribution >= 4 is 21.8 Å². The van der Waals surface area contributed by atoms with Crippen molar-refractivity contribution in [2.24, 2.45) is 0 Å². The Kier molecular flexibility index (Phi) is 8.00. The van der Waals surface area contributed by atoms with Crippen LogP contribution in [-0.4, -0.2) is 44.8 Å². The Balaban J connectivity index is 1.21. The van der Waals surface area contributed by atoms with Gasteiger partial charge in [0.25, 0.3) is 5.91 Å². The molecule has 7 nitrogen and oxygen atoms in total. The van der Waals surface area contributed by atoms with E-state index in [0.29, 0.717) is 12.1 Å². The molecule has 0 unspecified atom stereocenters. The van der Waals surface area contributed by atoms with Gasteiger partial charge in [-0.2, -0.15) is 0 Å². The van der Waals surface area contributed by atoms with E-state index >= 15 is 0 Å². The molecule has 1 fully saturated rings. The van der Waals surface area contributed by atoms with E-state index in [1.54, 1.807) is 24.3 Å². The number of sulfonamides is 1. The first-order valence-corrected chi connectivity index (χ1v) is 13.7. The molecule has 0 bridgehead atoms. The molecule has 2 aliphatic rings. The van der Waals surface area contributed by atoms with Crippen LogP contribution in [-0.2, 0) is 34.2 Å². The van der Waals surface area contributed by atoms with E-state index < -0.39 is 10.0 Å². The van der Waals surface area contributed by atoms with Crippen molar-refractivity contribution in [2.75, 3.05) is 19.6 Å². The van der Waals surface area contributed by atoms with Crippen LogP contribution in [0.15, 0.2) is 47.4 Å². The van der Waals surface area contributed by atoms with Crippen molar-refractivity contribution in [2.45, 2.75) is 62.8 Å². The first-order valence-electron chi connectivity index (χ1n) is 12.2. The minimum Gasteiger partial charge on any atom is -0.352 e. The van der Waals surface area contributed by atoms with Gasteiger partial charge in [0.05, 0.1) is 4.90 Å². The summed E-state index contributed by atoms with van der Waals surface area (Å²) in [6.45, 7) is 1.99. The average molecular weight is 484 g/mol. The van der Waals surface area contributed by atoms with Crippen molar-refractivity contribution in [1.82, 2.24) is 14.9 Å². The molecule has 2 N–H and O–H groups in total. The van der Waals surface area contributed by atoms with Crippen LogP contribution in [0.25, 0.3) is 0 Å². The molecule has 2 amide bonds. The lowest BCUT2D eigenvalue weighted by Crippen LogP contribution is -2.35. The van der Waals surface area contributed by atoms with Crippen molar-refractivity contribution in [1.29, 1.82) is 0 Å². The zero-order valence-corrected chi connectivity index (χ0v) is 20.3. The minimum absolute atomic E-state index is 0.0362. The van der Waals surface area contributed by atoms with Gasteiger partial charge < -0.3 is 10.2 Å².